The first-order valence-electron chi connectivity index (χ1n) is 7.26. The Morgan fingerprint density at radius 3 is 2.64 bits per heavy atom. The molecule has 7 heteroatoms. The van der Waals surface area contributed by atoms with Gasteiger partial charge in [-0.3, -0.25) is 4.79 Å². The Labute approximate surface area is 131 Å². The van der Waals surface area contributed by atoms with E-state index in [0.29, 0.717) is 12.3 Å². The van der Waals surface area contributed by atoms with Crippen LogP contribution in [0.2, 0.25) is 0 Å². The van der Waals surface area contributed by atoms with Crippen molar-refractivity contribution in [3.8, 4) is 5.75 Å². The second-order valence-corrected chi connectivity index (χ2v) is 7.23. The average molecular weight is 326 g/mol. The minimum atomic E-state index is -3.67. The molecular formula is C15H22N2O4S. The lowest BCUT2D eigenvalue weighted by atomic mass is 10.2. The molecule has 6 nitrogen and oxygen atoms in total. The van der Waals surface area contributed by atoms with Gasteiger partial charge in [0.2, 0.25) is 15.9 Å². The van der Waals surface area contributed by atoms with Crippen LogP contribution in [-0.2, 0) is 14.8 Å². The van der Waals surface area contributed by atoms with E-state index in [0.717, 1.165) is 18.4 Å². The smallest absolute Gasteiger partial charge is 0.244 e. The number of methoxy groups -OCH3 is 1. The standard InChI is InChI=1S/C15H22N2O4S/c1-11-4-7-14(21-3)15(10-11)22(19,20)16-8-9-17(12(2)18)13-5-6-13/h4,7,10,13,16H,5-6,8-9H2,1-3H3. The maximum Gasteiger partial charge on any atom is 0.244 e. The maximum atomic E-state index is 12.4. The number of ether oxygens (including phenoxy) is 1. The van der Waals surface area contributed by atoms with Crippen molar-refractivity contribution in [1.29, 1.82) is 0 Å². The van der Waals surface area contributed by atoms with Gasteiger partial charge in [-0.25, -0.2) is 13.1 Å². The largest absolute Gasteiger partial charge is 0.495 e. The molecule has 0 atom stereocenters. The number of carbonyl (C=O) groups is 1. The van der Waals surface area contributed by atoms with Crippen LogP contribution in [0.15, 0.2) is 23.1 Å². The van der Waals surface area contributed by atoms with Crippen molar-refractivity contribution in [2.45, 2.75) is 37.6 Å². The van der Waals surface area contributed by atoms with E-state index in [1.165, 1.54) is 14.0 Å². The van der Waals surface area contributed by atoms with Crippen LogP contribution in [0.4, 0.5) is 0 Å². The molecule has 0 radical (unpaired) electrons. The summed E-state index contributed by atoms with van der Waals surface area (Å²) in [6.45, 7) is 3.91. The molecule has 0 unspecified atom stereocenters. The van der Waals surface area contributed by atoms with Gasteiger partial charge in [-0.15, -0.1) is 0 Å². The van der Waals surface area contributed by atoms with Crippen LogP contribution < -0.4 is 9.46 Å². The van der Waals surface area contributed by atoms with E-state index in [4.69, 9.17) is 4.74 Å². The third kappa shape index (κ3) is 3.98. The predicted molar refractivity (Wildman–Crippen MR) is 83.3 cm³/mol. The summed E-state index contributed by atoms with van der Waals surface area (Å²) in [4.78, 5) is 13.4. The molecule has 0 aliphatic heterocycles. The summed E-state index contributed by atoms with van der Waals surface area (Å²) in [7, 11) is -2.23. The Bertz CT molecular complexity index is 654. The molecule has 1 saturated carbocycles. The number of carbonyl (C=O) groups excluding carboxylic acids is 1. The van der Waals surface area contributed by atoms with E-state index in [1.807, 2.05) is 6.92 Å². The second kappa shape index (κ2) is 6.66. The normalized spacial score (nSPS) is 14.7. The highest BCUT2D eigenvalue weighted by Crippen LogP contribution is 2.27. The zero-order valence-corrected chi connectivity index (χ0v) is 13.9. The second-order valence-electron chi connectivity index (χ2n) is 5.50. The van der Waals surface area contributed by atoms with Gasteiger partial charge < -0.3 is 9.64 Å². The number of hydrogen-bond donors (Lipinski definition) is 1. The van der Waals surface area contributed by atoms with E-state index in [9.17, 15) is 13.2 Å². The fraction of sp³-hybridized carbons (Fsp3) is 0.533. The number of amides is 1. The number of nitrogens with one attached hydrogen (secondary N) is 1. The van der Waals surface area contributed by atoms with Gasteiger partial charge in [0.1, 0.15) is 10.6 Å². The fourth-order valence-corrected chi connectivity index (χ4v) is 3.63. The highest BCUT2D eigenvalue weighted by atomic mass is 32.2. The maximum absolute atomic E-state index is 12.4. The van der Waals surface area contributed by atoms with Gasteiger partial charge in [0.15, 0.2) is 0 Å². The van der Waals surface area contributed by atoms with Crippen LogP contribution in [0.1, 0.15) is 25.3 Å². The number of benzene rings is 1. The lowest BCUT2D eigenvalue weighted by Gasteiger charge is -2.20. The Morgan fingerprint density at radius 1 is 1.41 bits per heavy atom. The zero-order valence-electron chi connectivity index (χ0n) is 13.1. The number of sulfonamides is 1. The van der Waals surface area contributed by atoms with Crippen LogP contribution >= 0.6 is 0 Å². The minimum absolute atomic E-state index is 0.0187. The van der Waals surface area contributed by atoms with Crippen LogP contribution in [0.5, 0.6) is 5.75 Å². The molecular weight excluding hydrogens is 304 g/mol. The van der Waals surface area contributed by atoms with Crippen LogP contribution in [0, 0.1) is 6.92 Å². The van der Waals surface area contributed by atoms with Gasteiger partial charge >= 0.3 is 0 Å². The molecule has 1 amide bonds. The summed E-state index contributed by atoms with van der Waals surface area (Å²) in [5, 5.41) is 0. The summed E-state index contributed by atoms with van der Waals surface area (Å²) in [6.07, 6.45) is 2.00. The van der Waals surface area contributed by atoms with Gasteiger partial charge in [-0.05, 0) is 37.5 Å². The molecule has 22 heavy (non-hydrogen) atoms. The molecule has 1 N–H and O–H groups in total. The number of rotatable bonds is 7. The molecule has 0 saturated heterocycles. The predicted octanol–water partition coefficient (Wildman–Crippen LogP) is 1.29. The number of nitrogens with zero attached hydrogens (tertiary/aromatic N) is 1. The Hall–Kier alpha value is -1.60. The molecule has 122 valence electrons. The molecule has 0 spiro atoms. The molecule has 1 fully saturated rings. The van der Waals surface area contributed by atoms with E-state index in [1.54, 1.807) is 23.1 Å². The van der Waals surface area contributed by atoms with E-state index in [2.05, 4.69) is 4.72 Å². The summed E-state index contributed by atoms with van der Waals surface area (Å²) in [5.41, 5.74) is 0.838. The van der Waals surface area contributed by atoms with Crippen LogP contribution in [0.25, 0.3) is 0 Å². The Kier molecular flexibility index (Phi) is 5.08. The van der Waals surface area contributed by atoms with Gasteiger partial charge in [0.25, 0.3) is 0 Å². The molecule has 1 aromatic rings. The first-order valence-corrected chi connectivity index (χ1v) is 8.75. The van der Waals surface area contributed by atoms with Crippen molar-refractivity contribution in [1.82, 2.24) is 9.62 Å². The van der Waals surface area contributed by atoms with Gasteiger partial charge in [0.05, 0.1) is 7.11 Å². The lowest BCUT2D eigenvalue weighted by molar-refractivity contribution is -0.129. The van der Waals surface area contributed by atoms with Gasteiger partial charge in [-0.1, -0.05) is 6.07 Å². The summed E-state index contributed by atoms with van der Waals surface area (Å²) < 4.78 is 32.5. The molecule has 1 aliphatic carbocycles. The zero-order chi connectivity index (χ0) is 16.3. The minimum Gasteiger partial charge on any atom is -0.495 e. The molecule has 2 rings (SSSR count). The van der Waals surface area contributed by atoms with Crippen molar-refractivity contribution < 1.29 is 17.9 Å². The van der Waals surface area contributed by atoms with Gasteiger partial charge in [0, 0.05) is 26.1 Å². The highest BCUT2D eigenvalue weighted by molar-refractivity contribution is 7.89. The third-order valence-corrected chi connectivity index (χ3v) is 5.13. The fourth-order valence-electron chi connectivity index (χ4n) is 2.36. The highest BCUT2D eigenvalue weighted by Gasteiger charge is 2.30. The Morgan fingerprint density at radius 2 is 2.09 bits per heavy atom. The van der Waals surface area contributed by atoms with E-state index in [-0.39, 0.29) is 23.4 Å². The van der Waals surface area contributed by atoms with E-state index < -0.39 is 10.0 Å². The molecule has 1 aliphatic rings. The number of aryl methyl sites for hydroxylation is 1. The molecule has 0 heterocycles. The van der Waals surface area contributed by atoms with Crippen molar-refractivity contribution in [2.24, 2.45) is 0 Å². The topological polar surface area (TPSA) is 75.7 Å². The molecule has 1 aromatic carbocycles. The van der Waals surface area contributed by atoms with Crippen LogP contribution in [0.3, 0.4) is 0 Å². The molecule has 0 aromatic heterocycles. The summed E-state index contributed by atoms with van der Waals surface area (Å²) in [5.74, 6) is 0.290. The SMILES string of the molecule is COc1ccc(C)cc1S(=O)(=O)NCCN(C(C)=O)C1CC1. The first kappa shape index (κ1) is 16.8. The number of hydrogen-bond acceptors (Lipinski definition) is 4. The van der Waals surface area contributed by atoms with Crippen molar-refractivity contribution >= 4 is 15.9 Å². The lowest BCUT2D eigenvalue weighted by Crippen LogP contribution is -2.38. The Balaban J connectivity index is 2.05. The van der Waals surface area contributed by atoms with Gasteiger partial charge in [-0.2, -0.15) is 0 Å². The van der Waals surface area contributed by atoms with Crippen molar-refractivity contribution in [3.05, 3.63) is 23.8 Å². The third-order valence-electron chi connectivity index (χ3n) is 3.65. The first-order chi connectivity index (χ1) is 10.3. The summed E-state index contributed by atoms with van der Waals surface area (Å²) in [6, 6.07) is 5.28. The van der Waals surface area contributed by atoms with Crippen molar-refractivity contribution in [2.75, 3.05) is 20.2 Å². The quantitative estimate of drug-likeness (QED) is 0.819. The van der Waals surface area contributed by atoms with E-state index >= 15 is 0 Å². The average Bonchev–Trinajstić information content (AvgIpc) is 3.27. The van der Waals surface area contributed by atoms with Crippen molar-refractivity contribution in [3.63, 3.8) is 0 Å². The van der Waals surface area contributed by atoms with Crippen LogP contribution in [-0.4, -0.2) is 45.5 Å². The summed E-state index contributed by atoms with van der Waals surface area (Å²) >= 11 is 0. The molecule has 0 bridgehead atoms. The monoisotopic (exact) mass is 326 g/mol.